The zero-order valence-corrected chi connectivity index (χ0v) is 5.37. The molecule has 0 aliphatic rings. The first-order valence-corrected chi connectivity index (χ1v) is 2.56. The van der Waals surface area contributed by atoms with E-state index in [1.165, 1.54) is 6.20 Å². The summed E-state index contributed by atoms with van der Waals surface area (Å²) in [5.74, 6) is -0.931. The molecule has 56 valence electrons. The number of nitrogens with zero attached hydrogens (tertiary/aromatic N) is 1. The van der Waals surface area contributed by atoms with E-state index >= 15 is 0 Å². The number of carbonyl (C=O) groups is 1. The van der Waals surface area contributed by atoms with Crippen LogP contribution in [0.3, 0.4) is 0 Å². The van der Waals surface area contributed by atoms with Crippen LogP contribution in [0.2, 0.25) is 0 Å². The number of nitrogens with two attached hydrogens (primary N) is 1. The van der Waals surface area contributed by atoms with E-state index in [1.807, 2.05) is 0 Å². The highest BCUT2D eigenvalue weighted by Crippen LogP contribution is 1.66. The Morgan fingerprint density at radius 2 is 2.50 bits per heavy atom. The van der Waals surface area contributed by atoms with E-state index in [1.54, 1.807) is 0 Å². The predicted octanol–water partition coefficient (Wildman–Crippen LogP) is -0.881. The Balaban J connectivity index is 3.58. The van der Waals surface area contributed by atoms with E-state index in [2.05, 4.69) is 16.9 Å². The van der Waals surface area contributed by atoms with Gasteiger partial charge in [0, 0.05) is 6.20 Å². The fourth-order valence-electron chi connectivity index (χ4n) is 0.310. The van der Waals surface area contributed by atoms with Gasteiger partial charge in [0.2, 0.25) is 0 Å². The summed E-state index contributed by atoms with van der Waals surface area (Å²) in [6.45, 7) is 3.04. The SMILES string of the molecule is C=CN=C(N)NCC(=O)O. The van der Waals surface area contributed by atoms with Crippen LogP contribution >= 0.6 is 0 Å². The number of aliphatic imine (C=N–C) groups is 1. The second-order valence-electron chi connectivity index (χ2n) is 1.44. The summed E-state index contributed by atoms with van der Waals surface area (Å²) in [5.41, 5.74) is 5.14. The summed E-state index contributed by atoms with van der Waals surface area (Å²) in [5, 5.41) is 10.5. The van der Waals surface area contributed by atoms with Gasteiger partial charge in [-0.05, 0) is 0 Å². The van der Waals surface area contributed by atoms with Gasteiger partial charge in [0.25, 0.3) is 0 Å². The van der Waals surface area contributed by atoms with E-state index in [4.69, 9.17) is 10.8 Å². The molecule has 10 heavy (non-hydrogen) atoms. The lowest BCUT2D eigenvalue weighted by molar-refractivity contribution is -0.135. The van der Waals surface area contributed by atoms with Gasteiger partial charge >= 0.3 is 5.97 Å². The molecule has 0 spiro atoms. The lowest BCUT2D eigenvalue weighted by Crippen LogP contribution is -2.35. The Morgan fingerprint density at radius 3 is 2.90 bits per heavy atom. The fraction of sp³-hybridized carbons (Fsp3) is 0.200. The highest BCUT2D eigenvalue weighted by molar-refractivity contribution is 5.82. The predicted molar refractivity (Wildman–Crippen MR) is 37.5 cm³/mol. The molecule has 0 bridgehead atoms. The van der Waals surface area contributed by atoms with E-state index in [9.17, 15) is 4.79 Å². The maximum absolute atomic E-state index is 9.91. The van der Waals surface area contributed by atoms with Crippen LogP contribution in [0.5, 0.6) is 0 Å². The molecule has 0 unspecified atom stereocenters. The van der Waals surface area contributed by atoms with Crippen LogP contribution in [0.25, 0.3) is 0 Å². The Kier molecular flexibility index (Phi) is 3.70. The van der Waals surface area contributed by atoms with E-state index in [-0.39, 0.29) is 12.5 Å². The molecule has 5 heteroatoms. The number of guanidine groups is 1. The summed E-state index contributed by atoms with van der Waals surface area (Å²) >= 11 is 0. The number of rotatable bonds is 3. The molecule has 0 aromatic heterocycles. The lowest BCUT2D eigenvalue weighted by Gasteiger charge is -1.98. The topological polar surface area (TPSA) is 87.7 Å². The molecule has 0 amide bonds. The highest BCUT2D eigenvalue weighted by Gasteiger charge is 1.94. The molecule has 0 rings (SSSR count). The summed E-state index contributed by atoms with van der Waals surface area (Å²) in [4.78, 5) is 13.4. The molecule has 0 saturated carbocycles. The number of carboxylic acid groups (broad SMARTS) is 1. The second-order valence-corrected chi connectivity index (χ2v) is 1.44. The van der Waals surface area contributed by atoms with Crippen molar-refractivity contribution in [3.05, 3.63) is 12.8 Å². The van der Waals surface area contributed by atoms with Crippen molar-refractivity contribution in [2.24, 2.45) is 10.7 Å². The highest BCUT2D eigenvalue weighted by atomic mass is 16.4. The van der Waals surface area contributed by atoms with Gasteiger partial charge in [-0.3, -0.25) is 4.79 Å². The third-order valence-corrected chi connectivity index (χ3v) is 0.651. The molecule has 0 aliphatic carbocycles. The van der Waals surface area contributed by atoms with Crippen molar-refractivity contribution in [3.8, 4) is 0 Å². The molecule has 0 radical (unpaired) electrons. The minimum Gasteiger partial charge on any atom is -0.480 e. The number of carboxylic acids is 1. The molecule has 0 aromatic carbocycles. The van der Waals surface area contributed by atoms with Crippen LogP contribution in [0.4, 0.5) is 0 Å². The third kappa shape index (κ3) is 4.63. The number of nitrogens with one attached hydrogen (secondary N) is 1. The standard InChI is InChI=1S/C5H9N3O2/c1-2-7-5(6)8-3-4(9)10/h2H,1,3H2,(H,9,10)(H3,6,7,8). The Bertz CT molecular complexity index is 164. The molecule has 0 saturated heterocycles. The van der Waals surface area contributed by atoms with Gasteiger partial charge in [-0.25, -0.2) is 4.99 Å². The van der Waals surface area contributed by atoms with Gasteiger partial charge in [0.05, 0.1) is 0 Å². The minimum absolute atomic E-state index is 0.0531. The fourth-order valence-corrected chi connectivity index (χ4v) is 0.310. The van der Waals surface area contributed by atoms with Crippen molar-refractivity contribution in [3.63, 3.8) is 0 Å². The van der Waals surface area contributed by atoms with Gasteiger partial charge in [-0.2, -0.15) is 0 Å². The first-order chi connectivity index (χ1) is 4.66. The molecular formula is C5H9N3O2. The summed E-state index contributed by atoms with van der Waals surface area (Å²) < 4.78 is 0. The van der Waals surface area contributed by atoms with Gasteiger partial charge in [-0.15, -0.1) is 0 Å². The molecule has 0 fully saturated rings. The Hall–Kier alpha value is -1.52. The van der Waals surface area contributed by atoms with Crippen LogP contribution in [0, 0.1) is 0 Å². The monoisotopic (exact) mass is 143 g/mol. The lowest BCUT2D eigenvalue weighted by atomic mass is 10.6. The van der Waals surface area contributed by atoms with Gasteiger partial charge in [0.15, 0.2) is 5.96 Å². The molecule has 5 nitrogen and oxygen atoms in total. The van der Waals surface area contributed by atoms with E-state index < -0.39 is 5.97 Å². The third-order valence-electron chi connectivity index (χ3n) is 0.651. The van der Waals surface area contributed by atoms with Gasteiger partial charge in [0.1, 0.15) is 6.54 Å². The number of aliphatic carboxylic acids is 1. The summed E-state index contributed by atoms with van der Waals surface area (Å²) in [7, 11) is 0. The molecule has 0 atom stereocenters. The second kappa shape index (κ2) is 4.37. The molecular weight excluding hydrogens is 134 g/mol. The largest absolute Gasteiger partial charge is 0.480 e. The maximum atomic E-state index is 9.91. The van der Waals surface area contributed by atoms with Crippen molar-refractivity contribution in [2.75, 3.05) is 6.54 Å². The summed E-state index contributed by atoms with van der Waals surface area (Å²) in [6, 6.07) is 0. The zero-order chi connectivity index (χ0) is 7.98. The van der Waals surface area contributed by atoms with Crippen molar-refractivity contribution >= 4 is 11.9 Å². The van der Waals surface area contributed by atoms with Crippen LogP contribution in [-0.2, 0) is 4.79 Å². The molecule has 4 N–H and O–H groups in total. The average molecular weight is 143 g/mol. The normalized spacial score (nSPS) is 10.6. The van der Waals surface area contributed by atoms with Crippen LogP contribution in [0.15, 0.2) is 17.8 Å². The smallest absolute Gasteiger partial charge is 0.322 e. The van der Waals surface area contributed by atoms with E-state index in [0.29, 0.717) is 0 Å². The number of hydrogen-bond donors (Lipinski definition) is 3. The number of hydrogen-bond acceptors (Lipinski definition) is 2. The first-order valence-electron chi connectivity index (χ1n) is 2.56. The molecule has 0 heterocycles. The van der Waals surface area contributed by atoms with Crippen molar-refractivity contribution in [2.45, 2.75) is 0 Å². The van der Waals surface area contributed by atoms with Crippen LogP contribution < -0.4 is 11.1 Å². The quantitative estimate of drug-likeness (QED) is 0.353. The molecule has 0 aromatic rings. The van der Waals surface area contributed by atoms with Gasteiger partial charge in [-0.1, -0.05) is 6.58 Å². The maximum Gasteiger partial charge on any atom is 0.322 e. The first kappa shape index (κ1) is 8.48. The van der Waals surface area contributed by atoms with Crippen molar-refractivity contribution in [1.29, 1.82) is 0 Å². The van der Waals surface area contributed by atoms with Gasteiger partial charge < -0.3 is 16.2 Å². The average Bonchev–Trinajstić information content (AvgIpc) is 1.85. The van der Waals surface area contributed by atoms with Crippen molar-refractivity contribution < 1.29 is 9.90 Å². The Morgan fingerprint density at radius 1 is 1.90 bits per heavy atom. The van der Waals surface area contributed by atoms with Crippen molar-refractivity contribution in [1.82, 2.24) is 5.32 Å². The zero-order valence-electron chi connectivity index (χ0n) is 5.37. The van der Waals surface area contributed by atoms with Crippen LogP contribution in [0.1, 0.15) is 0 Å². The van der Waals surface area contributed by atoms with Crippen LogP contribution in [-0.4, -0.2) is 23.6 Å². The minimum atomic E-state index is -0.984. The van der Waals surface area contributed by atoms with E-state index in [0.717, 1.165) is 0 Å². The molecule has 0 aliphatic heterocycles. The Labute approximate surface area is 58.3 Å². The summed E-state index contributed by atoms with van der Waals surface area (Å²) in [6.07, 6.45) is 1.23.